The number of anilines is 2. The highest BCUT2D eigenvalue weighted by Gasteiger charge is 2.52. The first kappa shape index (κ1) is 47.2. The number of thiophene rings is 1. The van der Waals surface area contributed by atoms with Crippen LogP contribution in [0.25, 0.3) is 81.8 Å². The van der Waals surface area contributed by atoms with Gasteiger partial charge in [0.05, 0.1) is 16.7 Å². The largest absolute Gasteiger partial charge is 0.456 e. The van der Waals surface area contributed by atoms with Crippen LogP contribution in [0.1, 0.15) is 181 Å². The van der Waals surface area contributed by atoms with Gasteiger partial charge >= 0.3 is 6.85 Å². The second-order valence-electron chi connectivity index (χ2n) is 29.4. The normalized spacial score (nSPS) is 19.1. The summed E-state index contributed by atoms with van der Waals surface area (Å²) in [6.07, 6.45) is 4.68. The first-order chi connectivity index (χ1) is 35.7. The average Bonchev–Trinajstić information content (AvgIpc) is 3.63. The standard InChI is InChI=1S/C71H73BN2OS/c1-65(2,3)38-21-24-40(25-22-38)74-53-34-43-42-32-48-51(70(13,14)30-28-67(48,7)8)37-55(42)75-54(43)35-45(53)58-57-41-19-17-18-20-47(41)71(15,16)60(57)59-44-33-49-50(69(11,12)29-27-68(49,9)10)36-52(44)73-62-46-31-39(66(4,5)6)23-26-56(46)76-64(62)72(74)61(58)63(59)73/h17-26,31-37H,27-30H2,1-16H3. The Morgan fingerprint density at radius 3 is 1.74 bits per heavy atom. The molecule has 382 valence electrons. The van der Waals surface area contributed by atoms with E-state index in [1.165, 1.54) is 156 Å². The molecule has 0 saturated heterocycles. The summed E-state index contributed by atoms with van der Waals surface area (Å²) >= 11 is 2.02. The number of furan rings is 1. The minimum atomic E-state index is -0.279. The summed E-state index contributed by atoms with van der Waals surface area (Å²) in [6.45, 7) is 38.8. The van der Waals surface area contributed by atoms with Crippen LogP contribution < -0.4 is 15.1 Å². The van der Waals surface area contributed by atoms with Crippen molar-refractivity contribution in [1.82, 2.24) is 4.57 Å². The van der Waals surface area contributed by atoms with Crippen LogP contribution in [0, 0.1) is 0 Å². The van der Waals surface area contributed by atoms with Crippen molar-refractivity contribution in [3.8, 4) is 27.9 Å². The zero-order chi connectivity index (χ0) is 53.1. The van der Waals surface area contributed by atoms with Crippen molar-refractivity contribution in [2.45, 2.75) is 174 Å². The van der Waals surface area contributed by atoms with Crippen LogP contribution in [-0.2, 0) is 37.9 Å². The molecule has 5 heteroatoms. The lowest BCUT2D eigenvalue weighted by Gasteiger charge is -2.42. The number of rotatable bonds is 1. The van der Waals surface area contributed by atoms with E-state index in [9.17, 15) is 0 Å². The molecule has 3 aliphatic carbocycles. The molecule has 10 aromatic rings. The molecule has 15 rings (SSSR count). The summed E-state index contributed by atoms with van der Waals surface area (Å²) in [4.78, 5) is 2.78. The van der Waals surface area contributed by atoms with Gasteiger partial charge in [-0.15, -0.1) is 11.3 Å². The van der Waals surface area contributed by atoms with Gasteiger partial charge < -0.3 is 13.8 Å². The Hall–Kier alpha value is -6.04. The monoisotopic (exact) mass is 1010 g/mol. The van der Waals surface area contributed by atoms with E-state index in [0.717, 1.165) is 17.6 Å². The van der Waals surface area contributed by atoms with E-state index >= 15 is 0 Å². The number of nitrogens with zero attached hydrogens (tertiary/aromatic N) is 2. The summed E-state index contributed by atoms with van der Waals surface area (Å²) in [6, 6.07) is 41.9. The van der Waals surface area contributed by atoms with Crippen LogP contribution in [0.15, 0.2) is 108 Å². The molecule has 3 nitrogen and oxygen atoms in total. The molecule has 0 fully saturated rings. The lowest BCUT2D eigenvalue weighted by Crippen LogP contribution is -2.59. The minimum absolute atomic E-state index is 0.0126. The third-order valence-corrected chi connectivity index (χ3v) is 21.6. The van der Waals surface area contributed by atoms with Crippen LogP contribution in [0.2, 0.25) is 0 Å². The van der Waals surface area contributed by atoms with Crippen LogP contribution in [0.5, 0.6) is 0 Å². The summed E-state index contributed by atoms with van der Waals surface area (Å²) in [5.74, 6) is 0. The molecule has 7 aromatic carbocycles. The zero-order valence-electron chi connectivity index (χ0n) is 47.9. The maximum absolute atomic E-state index is 7.29. The highest BCUT2D eigenvalue weighted by atomic mass is 32.1. The second-order valence-corrected chi connectivity index (χ2v) is 30.5. The number of benzene rings is 7. The molecule has 0 atom stereocenters. The van der Waals surface area contributed by atoms with Crippen molar-refractivity contribution >= 4 is 93.6 Å². The van der Waals surface area contributed by atoms with E-state index in [-0.39, 0.29) is 44.8 Å². The molecule has 5 heterocycles. The van der Waals surface area contributed by atoms with Crippen molar-refractivity contribution in [2.24, 2.45) is 0 Å². The summed E-state index contributed by atoms with van der Waals surface area (Å²) < 4.78 is 12.9. The Morgan fingerprint density at radius 2 is 1.09 bits per heavy atom. The molecule has 0 spiro atoms. The molecule has 0 bridgehead atoms. The molecular formula is C71H73BN2OS. The van der Waals surface area contributed by atoms with Gasteiger partial charge in [-0.2, -0.15) is 0 Å². The summed E-state index contributed by atoms with van der Waals surface area (Å²) in [5, 5.41) is 6.60. The number of aromatic nitrogens is 1. The van der Waals surface area contributed by atoms with Gasteiger partial charge in [0.1, 0.15) is 11.2 Å². The van der Waals surface area contributed by atoms with E-state index in [1.54, 1.807) is 0 Å². The molecule has 3 aromatic heterocycles. The maximum Gasteiger partial charge on any atom is 0.343 e. The molecule has 5 aliphatic rings. The number of hydrogen-bond acceptors (Lipinski definition) is 3. The molecule has 2 aliphatic heterocycles. The predicted octanol–water partition coefficient (Wildman–Crippen LogP) is 18.7. The Balaban J connectivity index is 1.18. The van der Waals surface area contributed by atoms with E-state index in [1.807, 2.05) is 11.3 Å². The number of hydrogen-bond donors (Lipinski definition) is 0. The molecule has 0 N–H and O–H groups in total. The Morgan fingerprint density at radius 1 is 0.526 bits per heavy atom. The SMILES string of the molecule is CC(C)(C)c1ccc(N2B3c4sc5ccc(C(C)(C)C)cc5c4-n4c5cc6c(cc5c5c7c(c(c3c54)-c3cc4oc5cc8c(cc5c4cc32)C(C)(C)CCC8(C)C)-c2ccccc2C7(C)C)C(C)(C)CCC6(C)C)cc1. The highest BCUT2D eigenvalue weighted by Crippen LogP contribution is 2.61. The topological polar surface area (TPSA) is 21.3 Å². The van der Waals surface area contributed by atoms with Gasteiger partial charge in [-0.25, -0.2) is 0 Å². The van der Waals surface area contributed by atoms with Crippen molar-refractivity contribution in [3.05, 3.63) is 148 Å². The fraction of sp³-hybridized carbons (Fsp3) is 0.380. The van der Waals surface area contributed by atoms with Gasteiger partial charge in [-0.1, -0.05) is 153 Å². The second kappa shape index (κ2) is 14.4. The highest BCUT2D eigenvalue weighted by molar-refractivity contribution is 7.32. The molecule has 0 amide bonds. The lowest BCUT2D eigenvalue weighted by molar-refractivity contribution is 0.332. The predicted molar refractivity (Wildman–Crippen MR) is 328 cm³/mol. The van der Waals surface area contributed by atoms with Gasteiger partial charge in [0.25, 0.3) is 0 Å². The van der Waals surface area contributed by atoms with Crippen LogP contribution in [-0.4, -0.2) is 11.4 Å². The Bertz CT molecular complexity index is 4280. The van der Waals surface area contributed by atoms with Crippen LogP contribution in [0.4, 0.5) is 11.4 Å². The minimum Gasteiger partial charge on any atom is -0.456 e. The van der Waals surface area contributed by atoms with Gasteiger partial charge in [-0.3, -0.25) is 0 Å². The molecule has 0 radical (unpaired) electrons. The van der Waals surface area contributed by atoms with E-state index in [2.05, 4.69) is 223 Å². The number of fused-ring (bicyclic) bond motifs is 20. The fourth-order valence-electron chi connectivity index (χ4n) is 15.6. The van der Waals surface area contributed by atoms with Gasteiger partial charge in [-0.05, 0) is 185 Å². The van der Waals surface area contributed by atoms with Crippen molar-refractivity contribution < 1.29 is 4.42 Å². The van der Waals surface area contributed by atoms with Gasteiger partial charge in [0, 0.05) is 58.8 Å². The van der Waals surface area contributed by atoms with Gasteiger partial charge in [0.15, 0.2) is 0 Å². The van der Waals surface area contributed by atoms with E-state index in [4.69, 9.17) is 4.42 Å². The molecular weight excluding hydrogens is 940 g/mol. The first-order valence-corrected chi connectivity index (χ1v) is 29.4. The zero-order valence-corrected chi connectivity index (χ0v) is 48.7. The quantitative estimate of drug-likeness (QED) is 0.153. The molecule has 0 saturated carbocycles. The van der Waals surface area contributed by atoms with Crippen LogP contribution >= 0.6 is 11.3 Å². The average molecular weight is 1010 g/mol. The fourth-order valence-corrected chi connectivity index (χ4v) is 16.9. The van der Waals surface area contributed by atoms with Gasteiger partial charge in [0.2, 0.25) is 0 Å². The summed E-state index contributed by atoms with van der Waals surface area (Å²) in [5.41, 5.74) is 26.8. The van der Waals surface area contributed by atoms with E-state index in [0.29, 0.717) is 0 Å². The van der Waals surface area contributed by atoms with Crippen molar-refractivity contribution in [3.63, 3.8) is 0 Å². The smallest absolute Gasteiger partial charge is 0.343 e. The van der Waals surface area contributed by atoms with Crippen molar-refractivity contribution in [2.75, 3.05) is 4.81 Å². The Kier molecular flexibility index (Phi) is 8.92. The maximum atomic E-state index is 7.29. The van der Waals surface area contributed by atoms with E-state index < -0.39 is 0 Å². The summed E-state index contributed by atoms with van der Waals surface area (Å²) in [7, 11) is 0. The Labute approximate surface area is 454 Å². The molecule has 0 unspecified atom stereocenters. The first-order valence-electron chi connectivity index (χ1n) is 28.5. The third kappa shape index (κ3) is 5.97. The third-order valence-electron chi connectivity index (χ3n) is 20.4. The van der Waals surface area contributed by atoms with Crippen molar-refractivity contribution in [1.29, 1.82) is 0 Å². The van der Waals surface area contributed by atoms with Crippen LogP contribution in [0.3, 0.4) is 0 Å². The molecule has 76 heavy (non-hydrogen) atoms. The lowest BCUT2D eigenvalue weighted by atomic mass is 9.46.